The van der Waals surface area contributed by atoms with Gasteiger partial charge in [-0.2, -0.15) is 0 Å². The summed E-state index contributed by atoms with van der Waals surface area (Å²) in [6.07, 6.45) is 0.438. The predicted molar refractivity (Wildman–Crippen MR) is 242 cm³/mol. The van der Waals surface area contributed by atoms with Gasteiger partial charge in [0.25, 0.3) is 0 Å². The quantitative estimate of drug-likeness (QED) is 0.117. The molecule has 1 fully saturated rings. The highest BCUT2D eigenvalue weighted by Gasteiger charge is 2.39. The first-order valence-electron chi connectivity index (χ1n) is 21.3. The summed E-state index contributed by atoms with van der Waals surface area (Å²) in [6.45, 7) is 0.190. The molecule has 3 aliphatic heterocycles. The Hall–Kier alpha value is -7.13. The summed E-state index contributed by atoms with van der Waals surface area (Å²) in [4.78, 5) is 98.5. The summed E-state index contributed by atoms with van der Waals surface area (Å²) in [7, 11) is 0. The molecule has 4 aromatic carbocycles. The lowest BCUT2D eigenvalue weighted by molar-refractivity contribution is -0.149. The number of fused-ring (bicyclic) bond motifs is 18. The van der Waals surface area contributed by atoms with Crippen LogP contribution in [0.3, 0.4) is 0 Å². The molecule has 5 unspecified atom stereocenters. The summed E-state index contributed by atoms with van der Waals surface area (Å²) in [5.41, 5.74) is 4.38. The molecular weight excluding hydrogens is 833 g/mol. The largest absolute Gasteiger partial charge is 0.480 e. The first-order valence-corrected chi connectivity index (χ1v) is 22.2. The third-order valence-corrected chi connectivity index (χ3v) is 12.3. The van der Waals surface area contributed by atoms with Crippen LogP contribution in [0.4, 0.5) is 5.69 Å². The first kappa shape index (κ1) is 44.9. The fourth-order valence-electron chi connectivity index (χ4n) is 7.99. The van der Waals surface area contributed by atoms with Gasteiger partial charge in [0.1, 0.15) is 30.2 Å². The molecule has 0 radical (unpaired) electrons. The van der Waals surface area contributed by atoms with Gasteiger partial charge in [0.05, 0.1) is 0 Å². The number of nitrogens with one attached hydrogen (secondary N) is 5. The molecule has 14 nitrogen and oxygen atoms in total. The van der Waals surface area contributed by atoms with Crippen LogP contribution in [0, 0.1) is 0 Å². The molecule has 1 saturated heterocycles. The van der Waals surface area contributed by atoms with Crippen LogP contribution in [0.1, 0.15) is 47.3 Å². The van der Waals surface area contributed by atoms with Crippen molar-refractivity contribution in [3.05, 3.63) is 148 Å². The molecule has 8 rings (SSSR count). The van der Waals surface area contributed by atoms with Crippen molar-refractivity contribution in [3.63, 3.8) is 0 Å². The third kappa shape index (κ3) is 12.1. The van der Waals surface area contributed by atoms with E-state index in [1.54, 1.807) is 48.5 Å². The molecule has 5 aromatic rings. The number of likely N-dealkylation sites (tertiary alicyclic amines) is 1. The average Bonchev–Trinajstić information content (AvgIpc) is 4.02. The van der Waals surface area contributed by atoms with Crippen LogP contribution in [0.2, 0.25) is 0 Å². The van der Waals surface area contributed by atoms with Gasteiger partial charge in [-0.3, -0.25) is 28.8 Å². The van der Waals surface area contributed by atoms with Gasteiger partial charge in [0.2, 0.25) is 35.4 Å². The van der Waals surface area contributed by atoms with E-state index in [4.69, 9.17) is 0 Å². The Labute approximate surface area is 374 Å². The maximum Gasteiger partial charge on any atom is 0.326 e. The number of aliphatic carboxylic acids is 1. The summed E-state index contributed by atoms with van der Waals surface area (Å²) in [5.74, 6) is -4.75. The fraction of sp³-hybridized carbons (Fsp3) is 0.286. The van der Waals surface area contributed by atoms with E-state index in [2.05, 4.69) is 26.6 Å². The Morgan fingerprint density at radius 2 is 1.19 bits per heavy atom. The number of nitrogens with zero attached hydrogens (tertiary/aromatic N) is 1. The number of carboxylic acids is 1. The number of amides is 6. The van der Waals surface area contributed by atoms with E-state index in [1.165, 1.54) is 16.2 Å². The van der Waals surface area contributed by atoms with Crippen molar-refractivity contribution in [2.75, 3.05) is 11.9 Å². The zero-order chi connectivity index (χ0) is 45.0. The number of thiophene rings is 1. The van der Waals surface area contributed by atoms with E-state index in [0.29, 0.717) is 28.8 Å². The lowest BCUT2D eigenvalue weighted by Crippen LogP contribution is -2.60. The van der Waals surface area contributed by atoms with Crippen molar-refractivity contribution in [1.82, 2.24) is 26.2 Å². The number of carboxylic acid groups (broad SMARTS) is 1. The van der Waals surface area contributed by atoms with Crippen LogP contribution in [-0.4, -0.2) is 88.2 Å². The van der Waals surface area contributed by atoms with Gasteiger partial charge in [0.15, 0.2) is 0 Å². The fourth-order valence-corrected chi connectivity index (χ4v) is 8.74. The molecule has 3 aliphatic rings. The predicted octanol–water partition coefficient (Wildman–Crippen LogP) is 4.43. The summed E-state index contributed by atoms with van der Waals surface area (Å²) < 4.78 is 0. The monoisotopic (exact) mass is 882 g/mol. The van der Waals surface area contributed by atoms with E-state index < -0.39 is 71.6 Å². The van der Waals surface area contributed by atoms with Gasteiger partial charge in [-0.1, -0.05) is 103 Å². The maximum atomic E-state index is 14.7. The molecule has 4 heterocycles. The van der Waals surface area contributed by atoms with Crippen LogP contribution < -0.4 is 26.6 Å². The number of carbonyl (C=O) groups excluding carboxylic acids is 6. The van der Waals surface area contributed by atoms with Crippen molar-refractivity contribution >= 4 is 58.4 Å². The number of hydrogen-bond donors (Lipinski definition) is 6. The van der Waals surface area contributed by atoms with E-state index in [0.717, 1.165) is 16.0 Å². The van der Waals surface area contributed by atoms with Gasteiger partial charge in [0, 0.05) is 55.6 Å². The van der Waals surface area contributed by atoms with Crippen LogP contribution in [0.25, 0.3) is 11.1 Å². The molecule has 64 heavy (non-hydrogen) atoms. The number of hydrogen-bond acceptors (Lipinski definition) is 8. The second-order valence-electron chi connectivity index (χ2n) is 16.0. The Kier molecular flexibility index (Phi) is 14.9. The zero-order valence-corrected chi connectivity index (χ0v) is 35.9. The van der Waals surface area contributed by atoms with E-state index in [-0.39, 0.29) is 51.5 Å². The highest BCUT2D eigenvalue weighted by molar-refractivity contribution is 7.09. The van der Waals surface area contributed by atoms with Crippen LogP contribution >= 0.6 is 11.3 Å². The second kappa shape index (κ2) is 21.3. The normalized spacial score (nSPS) is 21.4. The van der Waals surface area contributed by atoms with Crippen molar-refractivity contribution < 1.29 is 38.7 Å². The highest BCUT2D eigenvalue weighted by Crippen LogP contribution is 2.23. The molecule has 5 atom stereocenters. The Bertz CT molecular complexity index is 2430. The Morgan fingerprint density at radius 1 is 0.609 bits per heavy atom. The third-order valence-electron chi connectivity index (χ3n) is 11.4. The van der Waals surface area contributed by atoms with Crippen molar-refractivity contribution in [2.45, 2.75) is 81.6 Å². The standard InChI is InChI=1S/C49H50N6O8S/c56-43-23-24-44(57)51-40(30-37-13-8-26-64-37)47(60)53-39(28-32-15-19-35(20-16-32)34-11-5-2-6-12-34)45(58)52-38(27-31-9-3-1-4-10-31)46(59)54-41(29-33-17-21-36(50-43)22-18-33)48(61)55-25-7-14-42(55)49(62)63/h1-6,8-13,15-22,26,38-42H,7,14,23-25,27-30H2,(H,50,56)(H,51,57)(H,52,58)(H,53,60)(H,54,59)(H,62,63). The molecule has 2 bridgehead atoms. The summed E-state index contributed by atoms with van der Waals surface area (Å²) in [5, 5.41) is 26.0. The number of rotatable bonds is 9. The highest BCUT2D eigenvalue weighted by atomic mass is 32.1. The van der Waals surface area contributed by atoms with Crippen LogP contribution in [0.5, 0.6) is 0 Å². The first-order chi connectivity index (χ1) is 31.0. The molecule has 330 valence electrons. The zero-order valence-electron chi connectivity index (χ0n) is 35.0. The van der Waals surface area contributed by atoms with Crippen molar-refractivity contribution in [3.8, 4) is 11.1 Å². The minimum Gasteiger partial charge on any atom is -0.480 e. The van der Waals surface area contributed by atoms with Crippen LogP contribution in [-0.2, 0) is 59.2 Å². The average molecular weight is 883 g/mol. The SMILES string of the molecule is O=C1CCC(=O)NC(Cc2cccs2)C(=O)NC(Cc2ccc(-c3ccccc3)cc2)C(=O)NC(Cc2ccccc2)C(=O)NC(C(=O)N2CCCC2C(=O)O)Cc2ccc(cc2)N1. The topological polar surface area (TPSA) is 203 Å². The molecule has 15 heteroatoms. The molecule has 0 spiro atoms. The lowest BCUT2D eigenvalue weighted by Gasteiger charge is -2.29. The van der Waals surface area contributed by atoms with E-state index in [9.17, 15) is 38.7 Å². The smallest absolute Gasteiger partial charge is 0.326 e. The molecule has 0 saturated carbocycles. The van der Waals surface area contributed by atoms with E-state index in [1.807, 2.05) is 78.2 Å². The van der Waals surface area contributed by atoms with Gasteiger partial charge < -0.3 is 36.6 Å². The number of carbonyl (C=O) groups is 7. The molecule has 1 aromatic heterocycles. The number of anilines is 1. The summed E-state index contributed by atoms with van der Waals surface area (Å²) >= 11 is 1.40. The Morgan fingerprint density at radius 3 is 1.81 bits per heavy atom. The second-order valence-corrected chi connectivity index (χ2v) is 17.1. The maximum absolute atomic E-state index is 14.7. The van der Waals surface area contributed by atoms with Gasteiger partial charge >= 0.3 is 5.97 Å². The number of benzene rings is 4. The van der Waals surface area contributed by atoms with Crippen molar-refractivity contribution in [2.24, 2.45) is 0 Å². The van der Waals surface area contributed by atoms with Gasteiger partial charge in [-0.25, -0.2) is 4.79 Å². The Balaban J connectivity index is 1.24. The molecular formula is C49H50N6O8S. The summed E-state index contributed by atoms with van der Waals surface area (Å²) in [6, 6.07) is 30.7. The minimum absolute atomic E-state index is 0.00856. The van der Waals surface area contributed by atoms with Crippen molar-refractivity contribution in [1.29, 1.82) is 0 Å². The lowest BCUT2D eigenvalue weighted by atomic mass is 9.99. The molecule has 0 aliphatic carbocycles. The van der Waals surface area contributed by atoms with E-state index >= 15 is 0 Å². The van der Waals surface area contributed by atoms with Crippen LogP contribution in [0.15, 0.2) is 127 Å². The minimum atomic E-state index is -1.26. The van der Waals surface area contributed by atoms with Gasteiger partial charge in [-0.15, -0.1) is 11.3 Å². The molecule has 6 N–H and O–H groups in total. The van der Waals surface area contributed by atoms with Gasteiger partial charge in [-0.05, 0) is 64.2 Å². The molecule has 6 amide bonds.